The summed E-state index contributed by atoms with van der Waals surface area (Å²) in [7, 11) is 0. The Bertz CT molecular complexity index is 2280. The number of fused-ring (bicyclic) bond motifs is 1. The molecule has 0 radical (unpaired) electrons. The molecule has 7 rings (SSSR count). The number of nitrogens with one attached hydrogen (secondary N) is 1. The minimum atomic E-state index is -0.760. The molecule has 2 saturated heterocycles. The summed E-state index contributed by atoms with van der Waals surface area (Å²) in [6.45, 7) is 14.7. The van der Waals surface area contributed by atoms with Gasteiger partial charge in [0.2, 0.25) is 0 Å². The molecule has 276 valence electrons. The lowest BCUT2D eigenvalue weighted by Crippen LogP contribution is -2.24. The Morgan fingerprint density at radius 1 is 0.981 bits per heavy atom. The highest BCUT2D eigenvalue weighted by Crippen LogP contribution is 2.37. The molecule has 54 heavy (non-hydrogen) atoms. The van der Waals surface area contributed by atoms with E-state index >= 15 is 0 Å². The lowest BCUT2D eigenvalue weighted by Gasteiger charge is -2.20. The average Bonchev–Trinajstić information content (AvgIpc) is 3.81. The third kappa shape index (κ3) is 7.85. The van der Waals surface area contributed by atoms with Crippen LogP contribution in [-0.2, 0) is 17.8 Å². The van der Waals surface area contributed by atoms with Crippen molar-refractivity contribution >= 4 is 34.1 Å². The number of aliphatic hydroxyl groups excluding tert-OH is 1. The van der Waals surface area contributed by atoms with Crippen LogP contribution in [0.4, 0.5) is 11.5 Å². The summed E-state index contributed by atoms with van der Waals surface area (Å²) in [6.07, 6.45) is 5.86. The zero-order valence-corrected chi connectivity index (χ0v) is 31.1. The number of rotatable bonds is 12. The Kier molecular flexibility index (Phi) is 10.7. The van der Waals surface area contributed by atoms with Crippen molar-refractivity contribution in [3.8, 4) is 22.9 Å². The Morgan fingerprint density at radius 3 is 2.50 bits per heavy atom. The number of nitrogens with zero attached hydrogens (tertiary/aromatic N) is 5. The first-order valence-corrected chi connectivity index (χ1v) is 18.5. The SMILES string of the molecule is C=C(Oc1c(C)cc(CN2CC[C@@H](C(=O)O)C2)cc1C#N)c1cccc(-c2cccc(Nc3nccc4cc(CCN5CCC(O)C5)cnc34)c2C)c1C. The smallest absolute Gasteiger partial charge is 0.307 e. The number of nitriles is 1. The molecular formula is C44H46N6O4. The van der Waals surface area contributed by atoms with Crippen molar-refractivity contribution in [3.63, 3.8) is 0 Å². The molecule has 2 aliphatic heterocycles. The van der Waals surface area contributed by atoms with Crippen LogP contribution >= 0.6 is 0 Å². The van der Waals surface area contributed by atoms with Crippen LogP contribution in [0.5, 0.6) is 5.75 Å². The summed E-state index contributed by atoms with van der Waals surface area (Å²) < 4.78 is 6.38. The Morgan fingerprint density at radius 2 is 1.76 bits per heavy atom. The number of aliphatic carboxylic acids is 1. The van der Waals surface area contributed by atoms with E-state index in [1.165, 1.54) is 0 Å². The molecular weight excluding hydrogens is 677 g/mol. The number of carbonyl (C=O) groups is 1. The van der Waals surface area contributed by atoms with Crippen molar-refractivity contribution in [1.29, 1.82) is 5.26 Å². The van der Waals surface area contributed by atoms with E-state index in [1.807, 2.05) is 61.8 Å². The average molecular weight is 723 g/mol. The minimum Gasteiger partial charge on any atom is -0.481 e. The first kappa shape index (κ1) is 36.7. The third-order valence-electron chi connectivity index (χ3n) is 10.8. The van der Waals surface area contributed by atoms with E-state index in [2.05, 4.69) is 64.8 Å². The molecule has 0 amide bonds. The molecule has 0 spiro atoms. The Balaban J connectivity index is 1.08. The zero-order valence-electron chi connectivity index (χ0n) is 31.1. The lowest BCUT2D eigenvalue weighted by molar-refractivity contribution is -0.141. The summed E-state index contributed by atoms with van der Waals surface area (Å²) in [5.74, 6) is 0.492. The van der Waals surface area contributed by atoms with Crippen LogP contribution in [0.3, 0.4) is 0 Å². The van der Waals surface area contributed by atoms with Gasteiger partial charge in [0.25, 0.3) is 0 Å². The first-order valence-electron chi connectivity index (χ1n) is 18.5. The number of hydrogen-bond acceptors (Lipinski definition) is 9. The molecule has 2 aliphatic rings. The fraction of sp³-hybridized carbons (Fsp3) is 0.318. The van der Waals surface area contributed by atoms with Crippen LogP contribution in [-0.4, -0.2) is 74.8 Å². The minimum absolute atomic E-state index is 0.218. The highest BCUT2D eigenvalue weighted by molar-refractivity contribution is 5.91. The summed E-state index contributed by atoms with van der Waals surface area (Å²) in [6, 6.07) is 22.5. The van der Waals surface area contributed by atoms with Crippen LogP contribution in [0.2, 0.25) is 0 Å². The number of ether oxygens (including phenoxy) is 1. The predicted molar refractivity (Wildman–Crippen MR) is 212 cm³/mol. The maximum absolute atomic E-state index is 11.4. The molecule has 3 N–H and O–H groups in total. The van der Waals surface area contributed by atoms with Crippen molar-refractivity contribution in [2.24, 2.45) is 5.92 Å². The maximum atomic E-state index is 11.4. The van der Waals surface area contributed by atoms with Gasteiger partial charge in [-0.2, -0.15) is 5.26 Å². The Hall–Kier alpha value is -5.60. The van der Waals surface area contributed by atoms with Gasteiger partial charge in [0.05, 0.1) is 17.6 Å². The van der Waals surface area contributed by atoms with Gasteiger partial charge in [-0.3, -0.25) is 14.7 Å². The van der Waals surface area contributed by atoms with E-state index in [0.717, 1.165) is 93.6 Å². The molecule has 10 nitrogen and oxygen atoms in total. The number of hydrogen-bond donors (Lipinski definition) is 3. The van der Waals surface area contributed by atoms with E-state index in [-0.39, 0.29) is 12.0 Å². The van der Waals surface area contributed by atoms with Crippen molar-refractivity contribution < 1.29 is 19.7 Å². The molecule has 0 bridgehead atoms. The number of β-amino-alcohol motifs (C(OH)–C–C–N with tert-alkyl or cyclic N) is 1. The maximum Gasteiger partial charge on any atom is 0.307 e. The summed E-state index contributed by atoms with van der Waals surface area (Å²) in [4.78, 5) is 25.3. The lowest BCUT2D eigenvalue weighted by atomic mass is 9.92. The quantitative estimate of drug-likeness (QED) is 0.112. The number of anilines is 2. The standard InChI is InChI=1S/C44H46N6O4/c1-27-19-32(24-50-17-13-34(25-50)44(52)53)21-35(22-45)42(27)54-30(4)37-7-5-8-38(28(37)2)39-9-6-10-40(29(39)3)48-43-41-33(11-15-46-43)20-31(23-47-41)12-16-49-18-14-36(51)26-49/h5-11,15,19-21,23,34,36,51H,4,12-14,16-18,24-26H2,1-3H3,(H,46,48)(H,52,53)/t34-,36?/m1/s1. The Labute approximate surface area is 316 Å². The summed E-state index contributed by atoms with van der Waals surface area (Å²) in [5, 5.41) is 33.9. The topological polar surface area (TPSA) is 135 Å². The van der Waals surface area contributed by atoms with Gasteiger partial charge in [0, 0.05) is 61.8 Å². The van der Waals surface area contributed by atoms with Crippen LogP contribution in [0.1, 0.15) is 51.8 Å². The second kappa shape index (κ2) is 15.8. The number of carboxylic acids is 1. The van der Waals surface area contributed by atoms with Gasteiger partial charge < -0.3 is 25.2 Å². The fourth-order valence-corrected chi connectivity index (χ4v) is 7.83. The van der Waals surface area contributed by atoms with Crippen molar-refractivity contribution in [1.82, 2.24) is 19.8 Å². The van der Waals surface area contributed by atoms with Gasteiger partial charge in [-0.25, -0.2) is 4.98 Å². The number of aromatic nitrogens is 2. The molecule has 4 heterocycles. The second-order valence-electron chi connectivity index (χ2n) is 14.6. The largest absolute Gasteiger partial charge is 0.481 e. The summed E-state index contributed by atoms with van der Waals surface area (Å²) >= 11 is 0. The zero-order chi connectivity index (χ0) is 37.9. The number of aryl methyl sites for hydroxylation is 1. The second-order valence-corrected chi connectivity index (χ2v) is 14.6. The molecule has 5 aromatic rings. The monoisotopic (exact) mass is 722 g/mol. The van der Waals surface area contributed by atoms with Crippen LogP contribution in [0, 0.1) is 38.0 Å². The normalized spacial score (nSPS) is 17.5. The molecule has 2 atom stereocenters. The molecule has 0 saturated carbocycles. The van der Waals surface area contributed by atoms with Gasteiger partial charge in [0.15, 0.2) is 5.82 Å². The molecule has 2 fully saturated rings. The fourth-order valence-electron chi connectivity index (χ4n) is 7.83. The molecule has 1 unspecified atom stereocenters. The van der Waals surface area contributed by atoms with Crippen molar-refractivity contribution in [2.45, 2.75) is 52.7 Å². The van der Waals surface area contributed by atoms with Crippen LogP contribution in [0.15, 0.2) is 79.6 Å². The van der Waals surface area contributed by atoms with E-state index in [4.69, 9.17) is 9.72 Å². The predicted octanol–water partition coefficient (Wildman–Crippen LogP) is 7.40. The summed E-state index contributed by atoms with van der Waals surface area (Å²) in [5.41, 5.74) is 10.1. The van der Waals surface area contributed by atoms with E-state index in [1.54, 1.807) is 0 Å². The van der Waals surface area contributed by atoms with Gasteiger partial charge in [-0.1, -0.05) is 43.0 Å². The number of pyridine rings is 2. The number of carboxylic acid groups (broad SMARTS) is 1. The number of likely N-dealkylation sites (tertiary alicyclic amines) is 2. The number of benzene rings is 3. The van der Waals surface area contributed by atoms with Gasteiger partial charge in [-0.15, -0.1) is 0 Å². The first-order chi connectivity index (χ1) is 26.1. The van der Waals surface area contributed by atoms with Crippen LogP contribution in [0.25, 0.3) is 27.8 Å². The molecule has 3 aromatic carbocycles. The molecule has 2 aromatic heterocycles. The van der Waals surface area contributed by atoms with Crippen LogP contribution < -0.4 is 10.1 Å². The number of aliphatic hydroxyl groups is 1. The molecule has 10 heteroatoms. The molecule has 0 aliphatic carbocycles. The third-order valence-corrected chi connectivity index (χ3v) is 10.8. The van der Waals surface area contributed by atoms with Gasteiger partial charge in [-0.05, 0) is 110 Å². The van der Waals surface area contributed by atoms with Gasteiger partial charge >= 0.3 is 5.97 Å². The van der Waals surface area contributed by atoms with E-state index in [0.29, 0.717) is 48.9 Å². The van der Waals surface area contributed by atoms with Gasteiger partial charge in [0.1, 0.15) is 23.1 Å². The van der Waals surface area contributed by atoms with E-state index in [9.17, 15) is 20.3 Å². The highest BCUT2D eigenvalue weighted by atomic mass is 16.5. The van der Waals surface area contributed by atoms with Crippen molar-refractivity contribution in [3.05, 3.63) is 119 Å². The highest BCUT2D eigenvalue weighted by Gasteiger charge is 2.28. The van der Waals surface area contributed by atoms with Crippen molar-refractivity contribution in [2.75, 3.05) is 38.0 Å². The van der Waals surface area contributed by atoms with E-state index < -0.39 is 5.97 Å².